The van der Waals surface area contributed by atoms with E-state index in [4.69, 9.17) is 9.47 Å². The van der Waals surface area contributed by atoms with Gasteiger partial charge in [-0.25, -0.2) is 4.98 Å². The van der Waals surface area contributed by atoms with Gasteiger partial charge in [0.15, 0.2) is 16.6 Å². The van der Waals surface area contributed by atoms with Gasteiger partial charge >= 0.3 is 0 Å². The maximum Gasteiger partial charge on any atom is 0.262 e. The predicted molar refractivity (Wildman–Crippen MR) is 108 cm³/mol. The number of hydrogen-bond acceptors (Lipinski definition) is 7. The molecule has 2 aromatic rings. The van der Waals surface area contributed by atoms with Crippen molar-refractivity contribution in [2.45, 2.75) is 13.0 Å². The zero-order valence-electron chi connectivity index (χ0n) is 15.3. The highest BCUT2D eigenvalue weighted by molar-refractivity contribution is 7.17. The molecule has 7 nitrogen and oxygen atoms in total. The number of halogens is 1. The van der Waals surface area contributed by atoms with Crippen molar-refractivity contribution < 1.29 is 14.3 Å². The SMILES string of the molecule is CNC(=O)c1cnc(N2CCN([C@@H](C)c3ccc4c(c3)OCO4)CC2)s1.Cl. The van der Waals surface area contributed by atoms with Crippen molar-refractivity contribution in [3.8, 4) is 11.5 Å². The van der Waals surface area contributed by atoms with E-state index in [0.29, 0.717) is 17.7 Å². The molecule has 0 radical (unpaired) electrons. The highest BCUT2D eigenvalue weighted by Crippen LogP contribution is 2.35. The van der Waals surface area contributed by atoms with E-state index in [1.807, 2.05) is 6.07 Å². The number of hydrogen-bond donors (Lipinski definition) is 1. The molecule has 146 valence electrons. The third-order valence-corrected chi connectivity index (χ3v) is 6.01. The number of thiazole rings is 1. The fraction of sp³-hybridized carbons (Fsp3) is 0.444. The summed E-state index contributed by atoms with van der Waals surface area (Å²) in [5.41, 5.74) is 1.24. The van der Waals surface area contributed by atoms with Gasteiger partial charge in [0.25, 0.3) is 5.91 Å². The quantitative estimate of drug-likeness (QED) is 0.835. The van der Waals surface area contributed by atoms with E-state index in [2.05, 4.69) is 39.2 Å². The fourth-order valence-electron chi connectivity index (χ4n) is 3.32. The lowest BCUT2D eigenvalue weighted by atomic mass is 10.1. The second-order valence-corrected chi connectivity index (χ2v) is 7.41. The molecule has 2 aliphatic rings. The van der Waals surface area contributed by atoms with Gasteiger partial charge in [-0.05, 0) is 24.6 Å². The maximum atomic E-state index is 11.7. The number of rotatable bonds is 4. The van der Waals surface area contributed by atoms with E-state index in [-0.39, 0.29) is 18.3 Å². The number of nitrogens with one attached hydrogen (secondary N) is 1. The van der Waals surface area contributed by atoms with Crippen molar-refractivity contribution in [2.24, 2.45) is 0 Å². The van der Waals surface area contributed by atoms with Crippen LogP contribution in [0.1, 0.15) is 28.2 Å². The predicted octanol–water partition coefficient (Wildman–Crippen LogP) is 2.54. The molecule has 1 N–H and O–H groups in total. The number of carbonyl (C=O) groups is 1. The highest BCUT2D eigenvalue weighted by Gasteiger charge is 2.25. The van der Waals surface area contributed by atoms with E-state index in [1.54, 1.807) is 13.2 Å². The van der Waals surface area contributed by atoms with E-state index in [0.717, 1.165) is 42.8 Å². The number of aromatic nitrogens is 1. The number of ether oxygens (including phenoxy) is 2. The third kappa shape index (κ3) is 3.97. The first-order chi connectivity index (χ1) is 12.7. The molecule has 9 heteroatoms. The van der Waals surface area contributed by atoms with Crippen molar-refractivity contribution >= 4 is 34.8 Å². The minimum atomic E-state index is -0.0798. The number of amides is 1. The summed E-state index contributed by atoms with van der Waals surface area (Å²) >= 11 is 1.45. The van der Waals surface area contributed by atoms with E-state index >= 15 is 0 Å². The van der Waals surface area contributed by atoms with Crippen LogP contribution in [0.25, 0.3) is 0 Å². The van der Waals surface area contributed by atoms with Gasteiger partial charge in [0.05, 0.1) is 6.20 Å². The first-order valence-electron chi connectivity index (χ1n) is 8.72. The van der Waals surface area contributed by atoms with Crippen LogP contribution >= 0.6 is 23.7 Å². The zero-order valence-corrected chi connectivity index (χ0v) is 16.9. The summed E-state index contributed by atoms with van der Waals surface area (Å²) in [6.45, 7) is 6.22. The Morgan fingerprint density at radius 1 is 1.22 bits per heavy atom. The van der Waals surface area contributed by atoms with Gasteiger partial charge in [-0.15, -0.1) is 12.4 Å². The molecule has 0 spiro atoms. The van der Waals surface area contributed by atoms with Gasteiger partial charge in [-0.3, -0.25) is 9.69 Å². The Bertz CT molecular complexity index is 808. The van der Waals surface area contributed by atoms with Crippen LogP contribution in [0.15, 0.2) is 24.4 Å². The number of nitrogens with zero attached hydrogens (tertiary/aromatic N) is 3. The Labute approximate surface area is 168 Å². The molecule has 2 aliphatic heterocycles. The number of carbonyl (C=O) groups excluding carboxylic acids is 1. The molecule has 3 heterocycles. The van der Waals surface area contributed by atoms with Gasteiger partial charge in [-0.1, -0.05) is 17.4 Å². The lowest BCUT2D eigenvalue weighted by molar-refractivity contribution is 0.0967. The Balaban J connectivity index is 0.00000210. The van der Waals surface area contributed by atoms with Crippen LogP contribution in [-0.4, -0.2) is 55.8 Å². The Kier molecular flexibility index (Phi) is 6.08. The first-order valence-corrected chi connectivity index (χ1v) is 9.54. The molecule has 1 amide bonds. The monoisotopic (exact) mass is 410 g/mol. The maximum absolute atomic E-state index is 11.7. The minimum Gasteiger partial charge on any atom is -0.454 e. The minimum absolute atomic E-state index is 0. The van der Waals surface area contributed by atoms with Crippen molar-refractivity contribution in [3.05, 3.63) is 34.8 Å². The summed E-state index contributed by atoms with van der Waals surface area (Å²) in [7, 11) is 1.64. The van der Waals surface area contributed by atoms with Gasteiger partial charge in [0.2, 0.25) is 6.79 Å². The Hall–Kier alpha value is -2.03. The normalized spacial score (nSPS) is 17.3. The van der Waals surface area contributed by atoms with Crippen molar-refractivity contribution in [2.75, 3.05) is 44.9 Å². The standard InChI is InChI=1S/C18H22N4O3S.ClH/c1-12(13-3-4-14-15(9-13)25-11-24-14)21-5-7-22(8-6-21)18-20-10-16(26-18)17(23)19-2;/h3-4,9-10,12H,5-8,11H2,1-2H3,(H,19,23);1H/t12-;/m0./s1. The molecule has 1 aromatic heterocycles. The summed E-state index contributed by atoms with van der Waals surface area (Å²) in [4.78, 5) is 21.5. The Morgan fingerprint density at radius 3 is 2.70 bits per heavy atom. The number of fused-ring (bicyclic) bond motifs is 1. The molecular weight excluding hydrogens is 388 g/mol. The second kappa shape index (κ2) is 8.33. The first kappa shape index (κ1) is 19.7. The summed E-state index contributed by atoms with van der Waals surface area (Å²) in [6, 6.07) is 6.49. The number of piperazine rings is 1. The fourth-order valence-corrected chi connectivity index (χ4v) is 4.24. The molecular formula is C18H23ClN4O3S. The lowest BCUT2D eigenvalue weighted by Gasteiger charge is -2.38. The van der Waals surface area contributed by atoms with Crippen molar-refractivity contribution in [3.63, 3.8) is 0 Å². The van der Waals surface area contributed by atoms with E-state index in [9.17, 15) is 4.79 Å². The molecule has 1 aromatic carbocycles. The van der Waals surface area contributed by atoms with Crippen molar-refractivity contribution in [1.82, 2.24) is 15.2 Å². The molecule has 0 bridgehead atoms. The molecule has 0 unspecified atom stereocenters. The average molecular weight is 411 g/mol. The third-order valence-electron chi connectivity index (χ3n) is 4.96. The molecule has 0 saturated carbocycles. The van der Waals surface area contributed by atoms with Crippen LogP contribution in [0.4, 0.5) is 5.13 Å². The molecule has 1 saturated heterocycles. The van der Waals surface area contributed by atoms with Crippen molar-refractivity contribution in [1.29, 1.82) is 0 Å². The van der Waals surface area contributed by atoms with Gasteiger partial charge < -0.3 is 19.7 Å². The molecule has 1 atom stereocenters. The second-order valence-electron chi connectivity index (χ2n) is 6.40. The van der Waals surface area contributed by atoms with Gasteiger partial charge in [-0.2, -0.15) is 0 Å². The highest BCUT2D eigenvalue weighted by atomic mass is 35.5. The topological polar surface area (TPSA) is 66.9 Å². The Morgan fingerprint density at radius 2 is 1.96 bits per heavy atom. The molecule has 27 heavy (non-hydrogen) atoms. The van der Waals surface area contributed by atoms with Crippen LogP contribution in [0.5, 0.6) is 11.5 Å². The van der Waals surface area contributed by atoms with Crippen LogP contribution < -0.4 is 19.7 Å². The molecule has 0 aliphatic carbocycles. The van der Waals surface area contributed by atoms with Crippen LogP contribution in [0.2, 0.25) is 0 Å². The van der Waals surface area contributed by atoms with Crippen LogP contribution in [-0.2, 0) is 0 Å². The van der Waals surface area contributed by atoms with E-state index < -0.39 is 0 Å². The van der Waals surface area contributed by atoms with Crippen LogP contribution in [0.3, 0.4) is 0 Å². The number of anilines is 1. The molecule has 1 fully saturated rings. The van der Waals surface area contributed by atoms with Gasteiger partial charge in [0, 0.05) is 39.3 Å². The van der Waals surface area contributed by atoms with E-state index in [1.165, 1.54) is 16.9 Å². The molecule has 4 rings (SSSR count). The summed E-state index contributed by atoms with van der Waals surface area (Å²) < 4.78 is 10.9. The van der Waals surface area contributed by atoms with Crippen LogP contribution in [0, 0.1) is 0 Å². The zero-order chi connectivity index (χ0) is 18.1. The van der Waals surface area contributed by atoms with Gasteiger partial charge in [0.1, 0.15) is 4.88 Å². The summed E-state index contributed by atoms with van der Waals surface area (Å²) in [6.07, 6.45) is 1.65. The largest absolute Gasteiger partial charge is 0.454 e. The summed E-state index contributed by atoms with van der Waals surface area (Å²) in [5, 5.41) is 3.56. The lowest BCUT2D eigenvalue weighted by Crippen LogP contribution is -2.47. The number of benzene rings is 1. The smallest absolute Gasteiger partial charge is 0.262 e. The average Bonchev–Trinajstić information content (AvgIpc) is 3.35. The summed E-state index contributed by atoms with van der Waals surface area (Å²) in [5.74, 6) is 1.57.